The fourth-order valence-electron chi connectivity index (χ4n) is 1.66. The second-order valence-corrected chi connectivity index (χ2v) is 4.60. The van der Waals surface area contributed by atoms with E-state index in [0.717, 1.165) is 6.42 Å². The smallest absolute Gasteiger partial charge is 0.142 e. The van der Waals surface area contributed by atoms with Crippen LogP contribution in [0.2, 0.25) is 0 Å². The number of hydrogen-bond donors (Lipinski definition) is 2. The van der Waals surface area contributed by atoms with Gasteiger partial charge in [0.2, 0.25) is 0 Å². The Morgan fingerprint density at radius 1 is 1.12 bits per heavy atom. The Morgan fingerprint density at radius 3 is 2.19 bits per heavy atom. The Bertz CT molecular complexity index is 162. The molecule has 0 aliphatic carbocycles. The first-order valence-corrected chi connectivity index (χ1v) is 6.67. The van der Waals surface area contributed by atoms with Gasteiger partial charge in [-0.05, 0) is 19.8 Å². The molecule has 3 nitrogen and oxygen atoms in total. The zero-order chi connectivity index (χ0) is 12.4. The van der Waals surface area contributed by atoms with Crippen LogP contribution >= 0.6 is 0 Å². The van der Waals surface area contributed by atoms with Crippen molar-refractivity contribution in [2.24, 2.45) is 5.73 Å². The molecule has 0 rings (SSSR count). The van der Waals surface area contributed by atoms with E-state index in [0.29, 0.717) is 13.0 Å². The summed E-state index contributed by atoms with van der Waals surface area (Å²) in [5, 5.41) is 9.49. The minimum absolute atomic E-state index is 0.613. The molecule has 0 aromatic heterocycles. The highest BCUT2D eigenvalue weighted by atomic mass is 16.5. The minimum Gasteiger partial charge on any atom is -0.389 e. The van der Waals surface area contributed by atoms with Gasteiger partial charge in [0.25, 0.3) is 0 Å². The molecule has 0 aromatic rings. The lowest BCUT2D eigenvalue weighted by molar-refractivity contribution is -0.117. The van der Waals surface area contributed by atoms with Crippen LogP contribution in [0.5, 0.6) is 0 Å². The molecule has 3 N–H and O–H groups in total. The lowest BCUT2D eigenvalue weighted by Crippen LogP contribution is -2.51. The first kappa shape index (κ1) is 15.9. The molecule has 0 heterocycles. The summed E-state index contributed by atoms with van der Waals surface area (Å²) in [6.45, 7) is 6.50. The SMILES string of the molecule is CCCCCCCCOC(N)(CC)C(C)O. The van der Waals surface area contributed by atoms with Gasteiger partial charge < -0.3 is 15.6 Å². The van der Waals surface area contributed by atoms with Crippen LogP contribution < -0.4 is 5.73 Å². The molecular weight excluding hydrogens is 202 g/mol. The lowest BCUT2D eigenvalue weighted by Gasteiger charge is -2.31. The zero-order valence-electron chi connectivity index (χ0n) is 11.2. The summed E-state index contributed by atoms with van der Waals surface area (Å²) in [7, 11) is 0. The van der Waals surface area contributed by atoms with E-state index in [1.54, 1.807) is 6.92 Å². The Balaban J connectivity index is 3.49. The van der Waals surface area contributed by atoms with Crippen LogP contribution in [0.15, 0.2) is 0 Å². The zero-order valence-corrected chi connectivity index (χ0v) is 11.2. The second-order valence-electron chi connectivity index (χ2n) is 4.60. The number of ether oxygens (including phenoxy) is 1. The third-order valence-corrected chi connectivity index (χ3v) is 3.13. The van der Waals surface area contributed by atoms with E-state index in [4.69, 9.17) is 10.5 Å². The van der Waals surface area contributed by atoms with Gasteiger partial charge in [-0.3, -0.25) is 0 Å². The van der Waals surface area contributed by atoms with Crippen molar-refractivity contribution in [3.63, 3.8) is 0 Å². The molecular formula is C13H29NO2. The number of unbranched alkanes of at least 4 members (excludes halogenated alkanes) is 5. The molecule has 0 radical (unpaired) electrons. The van der Waals surface area contributed by atoms with Crippen molar-refractivity contribution in [2.45, 2.75) is 77.5 Å². The van der Waals surface area contributed by atoms with Crippen LogP contribution in [-0.4, -0.2) is 23.5 Å². The Kier molecular flexibility index (Phi) is 8.90. The van der Waals surface area contributed by atoms with E-state index < -0.39 is 11.8 Å². The van der Waals surface area contributed by atoms with Crippen molar-refractivity contribution in [3.05, 3.63) is 0 Å². The van der Waals surface area contributed by atoms with Crippen molar-refractivity contribution in [3.8, 4) is 0 Å². The molecule has 0 saturated heterocycles. The average Bonchev–Trinajstić information content (AvgIpc) is 2.27. The number of nitrogens with two attached hydrogens (primary N) is 1. The van der Waals surface area contributed by atoms with Gasteiger partial charge in [-0.1, -0.05) is 46.0 Å². The van der Waals surface area contributed by atoms with Crippen LogP contribution in [0.3, 0.4) is 0 Å². The summed E-state index contributed by atoms with van der Waals surface area (Å²) in [5.41, 5.74) is 5.07. The first-order chi connectivity index (χ1) is 7.56. The molecule has 2 unspecified atom stereocenters. The van der Waals surface area contributed by atoms with Gasteiger partial charge in [0.15, 0.2) is 0 Å². The minimum atomic E-state index is -0.858. The van der Waals surface area contributed by atoms with Crippen molar-refractivity contribution in [1.82, 2.24) is 0 Å². The normalized spacial score (nSPS) is 17.1. The van der Waals surface area contributed by atoms with Crippen LogP contribution in [0.1, 0.15) is 65.7 Å². The highest BCUT2D eigenvalue weighted by Crippen LogP contribution is 2.15. The predicted molar refractivity (Wildman–Crippen MR) is 68.2 cm³/mol. The summed E-state index contributed by atoms with van der Waals surface area (Å²) in [5.74, 6) is 0. The predicted octanol–water partition coefficient (Wildman–Crippen LogP) is 2.81. The molecule has 0 aromatic carbocycles. The van der Waals surface area contributed by atoms with E-state index >= 15 is 0 Å². The maximum Gasteiger partial charge on any atom is 0.142 e. The maximum absolute atomic E-state index is 9.49. The molecule has 2 atom stereocenters. The quantitative estimate of drug-likeness (QED) is 0.449. The lowest BCUT2D eigenvalue weighted by atomic mass is 10.1. The third kappa shape index (κ3) is 6.46. The Hall–Kier alpha value is -0.120. The van der Waals surface area contributed by atoms with Gasteiger partial charge >= 0.3 is 0 Å². The fraction of sp³-hybridized carbons (Fsp3) is 1.00. The van der Waals surface area contributed by atoms with Crippen LogP contribution in [0, 0.1) is 0 Å². The van der Waals surface area contributed by atoms with Gasteiger partial charge in [-0.15, -0.1) is 0 Å². The number of rotatable bonds is 10. The Morgan fingerprint density at radius 2 is 1.69 bits per heavy atom. The van der Waals surface area contributed by atoms with Crippen LogP contribution in [-0.2, 0) is 4.74 Å². The molecule has 0 aliphatic rings. The van der Waals surface area contributed by atoms with Crippen LogP contribution in [0.4, 0.5) is 0 Å². The largest absolute Gasteiger partial charge is 0.389 e. The van der Waals surface area contributed by atoms with Crippen molar-refractivity contribution in [2.75, 3.05) is 6.61 Å². The fourth-order valence-corrected chi connectivity index (χ4v) is 1.66. The number of hydrogen-bond acceptors (Lipinski definition) is 3. The summed E-state index contributed by atoms with van der Waals surface area (Å²) in [4.78, 5) is 0. The van der Waals surface area contributed by atoms with E-state index in [1.807, 2.05) is 6.92 Å². The van der Waals surface area contributed by atoms with E-state index in [-0.39, 0.29) is 0 Å². The van der Waals surface area contributed by atoms with Crippen LogP contribution in [0.25, 0.3) is 0 Å². The van der Waals surface area contributed by atoms with E-state index in [9.17, 15) is 5.11 Å². The molecule has 98 valence electrons. The highest BCUT2D eigenvalue weighted by Gasteiger charge is 2.29. The molecule has 0 aliphatic heterocycles. The molecule has 0 saturated carbocycles. The van der Waals surface area contributed by atoms with Gasteiger partial charge in [0, 0.05) is 6.61 Å². The van der Waals surface area contributed by atoms with Gasteiger partial charge in [0.1, 0.15) is 5.72 Å². The van der Waals surface area contributed by atoms with Gasteiger partial charge in [-0.2, -0.15) is 0 Å². The second kappa shape index (κ2) is 8.97. The van der Waals surface area contributed by atoms with Crippen molar-refractivity contribution < 1.29 is 9.84 Å². The number of aliphatic hydroxyl groups is 1. The highest BCUT2D eigenvalue weighted by molar-refractivity contribution is 4.77. The average molecular weight is 231 g/mol. The standard InChI is InChI=1S/C13H29NO2/c1-4-6-7-8-9-10-11-16-13(14,5-2)12(3)15/h12,15H,4-11,14H2,1-3H3. The van der Waals surface area contributed by atoms with Crippen molar-refractivity contribution >= 4 is 0 Å². The molecule has 0 fully saturated rings. The molecule has 0 bridgehead atoms. The first-order valence-electron chi connectivity index (χ1n) is 6.67. The third-order valence-electron chi connectivity index (χ3n) is 3.13. The molecule has 0 amide bonds. The van der Waals surface area contributed by atoms with Gasteiger partial charge in [0.05, 0.1) is 6.10 Å². The topological polar surface area (TPSA) is 55.5 Å². The van der Waals surface area contributed by atoms with E-state index in [2.05, 4.69) is 6.92 Å². The van der Waals surface area contributed by atoms with Crippen molar-refractivity contribution in [1.29, 1.82) is 0 Å². The summed E-state index contributed by atoms with van der Waals surface area (Å²) in [6, 6.07) is 0. The Labute approximate surface area is 100 Å². The number of aliphatic hydroxyl groups excluding tert-OH is 1. The summed E-state index contributed by atoms with van der Waals surface area (Å²) >= 11 is 0. The monoisotopic (exact) mass is 231 g/mol. The molecule has 16 heavy (non-hydrogen) atoms. The maximum atomic E-state index is 9.49. The molecule has 3 heteroatoms. The van der Waals surface area contributed by atoms with E-state index in [1.165, 1.54) is 32.1 Å². The van der Waals surface area contributed by atoms with Gasteiger partial charge in [-0.25, -0.2) is 0 Å². The molecule has 0 spiro atoms. The summed E-state index contributed by atoms with van der Waals surface area (Å²) < 4.78 is 5.57. The summed E-state index contributed by atoms with van der Waals surface area (Å²) in [6.07, 6.45) is 7.45.